The number of aromatic nitrogens is 4. The standard InChI is InChI=1S/C29H20ClF2N7O3S/c30-18-6-2-4-8-23(18)43(41,42)38-20-10-9-19(31)27(26(20)32)37-29-28-21(34-15-35-29)11-12-25(36-28)39-14-16(13-24(33)40)17-5-1-3-7-22(17)39/h1-12,14-15,38H,13H2,(H2,33,40)(H,34,35,37). The van der Waals surface area contributed by atoms with Gasteiger partial charge in [-0.05, 0) is 48.0 Å². The van der Waals surface area contributed by atoms with Crippen LogP contribution in [0.4, 0.5) is 26.0 Å². The zero-order valence-electron chi connectivity index (χ0n) is 21.9. The Kier molecular flexibility index (Phi) is 7.12. The van der Waals surface area contributed by atoms with Gasteiger partial charge in [-0.1, -0.05) is 41.9 Å². The fourth-order valence-corrected chi connectivity index (χ4v) is 6.23. The molecule has 1 amide bonds. The van der Waals surface area contributed by atoms with Gasteiger partial charge >= 0.3 is 0 Å². The average molecular weight is 620 g/mol. The SMILES string of the molecule is NC(=O)Cc1cn(-c2ccc3ncnc(Nc4c(F)ccc(NS(=O)(=O)c5ccccc5Cl)c4F)c3n2)c2ccccc12. The summed E-state index contributed by atoms with van der Waals surface area (Å²) >= 11 is 6.02. The van der Waals surface area contributed by atoms with Gasteiger partial charge in [-0.15, -0.1) is 0 Å². The molecule has 0 saturated heterocycles. The van der Waals surface area contributed by atoms with Crippen molar-refractivity contribution in [2.24, 2.45) is 5.73 Å². The van der Waals surface area contributed by atoms with Gasteiger partial charge in [0.15, 0.2) is 11.6 Å². The van der Waals surface area contributed by atoms with Gasteiger partial charge in [0.1, 0.15) is 34.1 Å². The monoisotopic (exact) mass is 619 g/mol. The van der Waals surface area contributed by atoms with Crippen LogP contribution >= 0.6 is 11.6 Å². The summed E-state index contributed by atoms with van der Waals surface area (Å²) in [6.45, 7) is 0. The molecule has 3 aromatic carbocycles. The van der Waals surface area contributed by atoms with E-state index < -0.39 is 38.9 Å². The second-order valence-electron chi connectivity index (χ2n) is 9.39. The minimum atomic E-state index is -4.31. The van der Waals surface area contributed by atoms with E-state index in [1.54, 1.807) is 29.0 Å². The summed E-state index contributed by atoms with van der Waals surface area (Å²) in [6, 6.07) is 18.3. The van der Waals surface area contributed by atoms with Gasteiger partial charge in [-0.2, -0.15) is 0 Å². The number of nitrogens with zero attached hydrogens (tertiary/aromatic N) is 4. The highest BCUT2D eigenvalue weighted by Gasteiger charge is 2.23. The van der Waals surface area contributed by atoms with E-state index in [9.17, 15) is 17.6 Å². The summed E-state index contributed by atoms with van der Waals surface area (Å²) in [5, 5.41) is 3.36. The Bertz CT molecular complexity index is 2170. The molecular weight excluding hydrogens is 600 g/mol. The van der Waals surface area contributed by atoms with Crippen LogP contribution in [-0.4, -0.2) is 33.8 Å². The normalized spacial score (nSPS) is 11.6. The summed E-state index contributed by atoms with van der Waals surface area (Å²) in [7, 11) is -4.31. The largest absolute Gasteiger partial charge is 0.369 e. The molecule has 216 valence electrons. The Labute approximate surface area is 248 Å². The summed E-state index contributed by atoms with van der Waals surface area (Å²) in [6.07, 6.45) is 2.96. The Morgan fingerprint density at radius 3 is 2.53 bits per heavy atom. The van der Waals surface area contributed by atoms with E-state index in [0.717, 1.165) is 23.0 Å². The van der Waals surface area contributed by atoms with Gasteiger partial charge in [0.25, 0.3) is 10.0 Å². The first-order chi connectivity index (χ1) is 20.6. The van der Waals surface area contributed by atoms with Crippen LogP contribution in [0.25, 0.3) is 27.8 Å². The molecule has 14 heteroatoms. The molecule has 3 aromatic heterocycles. The minimum absolute atomic E-state index is 0.0200. The molecule has 0 aliphatic carbocycles. The number of amides is 1. The molecule has 0 aliphatic rings. The van der Waals surface area contributed by atoms with Crippen molar-refractivity contribution >= 4 is 66.7 Å². The van der Waals surface area contributed by atoms with Gasteiger partial charge in [0.2, 0.25) is 5.91 Å². The van der Waals surface area contributed by atoms with Crippen LogP contribution in [0.5, 0.6) is 0 Å². The summed E-state index contributed by atoms with van der Waals surface area (Å²) < 4.78 is 60.2. The number of halogens is 3. The second kappa shape index (κ2) is 10.9. The van der Waals surface area contributed by atoms with E-state index >= 15 is 4.39 Å². The molecule has 0 saturated carbocycles. The predicted molar refractivity (Wildman–Crippen MR) is 159 cm³/mol. The molecule has 43 heavy (non-hydrogen) atoms. The third kappa shape index (κ3) is 5.31. The molecule has 0 fully saturated rings. The van der Waals surface area contributed by atoms with Gasteiger partial charge in [-0.3, -0.25) is 9.52 Å². The Morgan fingerprint density at radius 2 is 1.74 bits per heavy atom. The number of sulfonamides is 1. The van der Waals surface area contributed by atoms with E-state index in [2.05, 4.69) is 25.0 Å². The van der Waals surface area contributed by atoms with E-state index in [4.69, 9.17) is 17.3 Å². The lowest BCUT2D eigenvalue weighted by Crippen LogP contribution is -2.15. The smallest absolute Gasteiger partial charge is 0.263 e. The quantitative estimate of drug-likeness (QED) is 0.205. The fraction of sp³-hybridized carbons (Fsp3) is 0.0345. The molecule has 0 radical (unpaired) electrons. The van der Waals surface area contributed by atoms with Gasteiger partial charge in [0, 0.05) is 11.6 Å². The van der Waals surface area contributed by atoms with Crippen LogP contribution < -0.4 is 15.8 Å². The third-order valence-electron chi connectivity index (χ3n) is 6.58. The summed E-state index contributed by atoms with van der Waals surface area (Å²) in [4.78, 5) is 24.4. The van der Waals surface area contributed by atoms with Crippen LogP contribution in [-0.2, 0) is 21.2 Å². The van der Waals surface area contributed by atoms with Crippen molar-refractivity contribution < 1.29 is 22.0 Å². The van der Waals surface area contributed by atoms with Gasteiger partial charge < -0.3 is 15.6 Å². The lowest BCUT2D eigenvalue weighted by atomic mass is 10.1. The average Bonchev–Trinajstić information content (AvgIpc) is 3.34. The van der Waals surface area contributed by atoms with Crippen LogP contribution in [0.15, 0.2) is 90.2 Å². The molecule has 0 unspecified atom stereocenters. The molecule has 0 aliphatic heterocycles. The summed E-state index contributed by atoms with van der Waals surface area (Å²) in [5.74, 6) is -2.33. The molecule has 4 N–H and O–H groups in total. The van der Waals surface area contributed by atoms with Crippen LogP contribution in [0.3, 0.4) is 0 Å². The molecule has 6 aromatic rings. The van der Waals surface area contributed by atoms with Crippen molar-refractivity contribution in [2.45, 2.75) is 11.3 Å². The maximum atomic E-state index is 15.6. The van der Waals surface area contributed by atoms with Gasteiger partial charge in [0.05, 0.1) is 28.2 Å². The maximum Gasteiger partial charge on any atom is 0.263 e. The molecule has 0 atom stereocenters. The highest BCUT2D eigenvalue weighted by molar-refractivity contribution is 7.92. The van der Waals surface area contributed by atoms with E-state index in [1.807, 2.05) is 24.3 Å². The number of anilines is 3. The fourth-order valence-electron chi connectivity index (χ4n) is 4.65. The zero-order chi connectivity index (χ0) is 30.3. The first kappa shape index (κ1) is 28.0. The summed E-state index contributed by atoms with van der Waals surface area (Å²) in [5.41, 5.74) is 6.26. The highest BCUT2D eigenvalue weighted by Crippen LogP contribution is 2.33. The number of carbonyl (C=O) groups excluding carboxylic acids is 1. The number of nitrogens with two attached hydrogens (primary N) is 1. The Hall–Kier alpha value is -5.14. The van der Waals surface area contributed by atoms with E-state index in [0.29, 0.717) is 16.9 Å². The first-order valence-electron chi connectivity index (χ1n) is 12.6. The Balaban J connectivity index is 1.40. The van der Waals surface area contributed by atoms with Crippen LogP contribution in [0, 0.1) is 11.6 Å². The van der Waals surface area contributed by atoms with E-state index in [-0.39, 0.29) is 27.7 Å². The lowest BCUT2D eigenvalue weighted by Gasteiger charge is -2.15. The van der Waals surface area contributed by atoms with Crippen molar-refractivity contribution in [2.75, 3.05) is 10.0 Å². The van der Waals surface area contributed by atoms with Crippen LogP contribution in [0.2, 0.25) is 5.02 Å². The van der Waals surface area contributed by atoms with E-state index in [1.165, 1.54) is 24.5 Å². The number of nitrogens with one attached hydrogen (secondary N) is 2. The molecule has 0 spiro atoms. The number of benzene rings is 3. The predicted octanol–water partition coefficient (Wildman–Crippen LogP) is 5.47. The second-order valence-corrected chi connectivity index (χ2v) is 11.4. The first-order valence-corrected chi connectivity index (χ1v) is 14.5. The van der Waals surface area contributed by atoms with Crippen LogP contribution in [0.1, 0.15) is 5.56 Å². The lowest BCUT2D eigenvalue weighted by molar-refractivity contribution is -0.117. The molecular formula is C29H20ClF2N7O3S. The highest BCUT2D eigenvalue weighted by atomic mass is 35.5. The number of para-hydroxylation sites is 1. The van der Waals surface area contributed by atoms with Crippen molar-refractivity contribution in [3.05, 3.63) is 108 Å². The molecule has 3 heterocycles. The number of pyridine rings is 1. The number of fused-ring (bicyclic) bond motifs is 2. The van der Waals surface area contributed by atoms with Crippen molar-refractivity contribution in [3.8, 4) is 5.82 Å². The molecule has 10 nitrogen and oxygen atoms in total. The molecule has 6 rings (SSSR count). The van der Waals surface area contributed by atoms with Gasteiger partial charge in [-0.25, -0.2) is 32.2 Å². The number of hydrogen-bond acceptors (Lipinski definition) is 7. The third-order valence-corrected chi connectivity index (χ3v) is 8.44. The van der Waals surface area contributed by atoms with Crippen molar-refractivity contribution in [1.29, 1.82) is 0 Å². The number of hydrogen-bond donors (Lipinski definition) is 3. The van der Waals surface area contributed by atoms with Crippen molar-refractivity contribution in [1.82, 2.24) is 19.5 Å². The maximum absolute atomic E-state index is 15.6. The topological polar surface area (TPSA) is 145 Å². The molecule has 0 bridgehead atoms. The Morgan fingerprint density at radius 1 is 0.977 bits per heavy atom. The zero-order valence-corrected chi connectivity index (χ0v) is 23.5. The number of carbonyl (C=O) groups is 1. The van der Waals surface area contributed by atoms with Crippen molar-refractivity contribution in [3.63, 3.8) is 0 Å². The minimum Gasteiger partial charge on any atom is -0.369 e. The number of primary amides is 1. The number of rotatable bonds is 8.